The number of rotatable bonds is 0. The summed E-state index contributed by atoms with van der Waals surface area (Å²) in [6, 6.07) is 0. The zero-order valence-corrected chi connectivity index (χ0v) is 14.7. The van der Waals surface area contributed by atoms with E-state index in [4.69, 9.17) is 0 Å². The largest absolute Gasteiger partial charge is 0.392 e. The van der Waals surface area contributed by atoms with Crippen LogP contribution in [0, 0.1) is 22.7 Å². The molecular formula is C18H28O4S. The van der Waals surface area contributed by atoms with E-state index in [0.29, 0.717) is 18.1 Å². The Hall–Kier alpha value is -0.0700. The highest BCUT2D eigenvalue weighted by Gasteiger charge is 2.63. The number of aliphatic hydroxyl groups excluding tert-OH is 4. The van der Waals surface area contributed by atoms with Crippen molar-refractivity contribution in [3.05, 3.63) is 11.6 Å². The van der Waals surface area contributed by atoms with E-state index in [9.17, 15) is 20.4 Å². The molecule has 9 atom stereocenters. The highest BCUT2D eigenvalue weighted by molar-refractivity contribution is 8.00. The topological polar surface area (TPSA) is 80.9 Å². The Labute approximate surface area is 142 Å². The first-order valence-corrected chi connectivity index (χ1v) is 9.87. The highest BCUT2D eigenvalue weighted by atomic mass is 32.2. The zero-order valence-electron chi connectivity index (χ0n) is 13.9. The third-order valence-corrected chi connectivity index (χ3v) is 9.34. The molecule has 4 rings (SSSR count). The van der Waals surface area contributed by atoms with Gasteiger partial charge in [-0.2, -0.15) is 11.8 Å². The third-order valence-electron chi connectivity index (χ3n) is 7.36. The van der Waals surface area contributed by atoms with E-state index in [1.54, 1.807) is 0 Å². The summed E-state index contributed by atoms with van der Waals surface area (Å²) in [5.41, 5.74) is 0.922. The lowest BCUT2D eigenvalue weighted by atomic mass is 9.56. The Kier molecular flexibility index (Phi) is 3.72. The van der Waals surface area contributed by atoms with Crippen LogP contribution in [-0.4, -0.2) is 55.8 Å². The van der Waals surface area contributed by atoms with Crippen molar-refractivity contribution in [1.29, 1.82) is 0 Å². The lowest BCUT2D eigenvalue weighted by Gasteiger charge is -2.58. The van der Waals surface area contributed by atoms with Gasteiger partial charge in [0.25, 0.3) is 0 Å². The van der Waals surface area contributed by atoms with E-state index < -0.39 is 18.3 Å². The first kappa shape index (κ1) is 16.4. The minimum absolute atomic E-state index is 0.0214. The SMILES string of the molecule is C[C@]12CC[C@H](O)C=C1C[C@H](O)C1C2SC[C@@]2(C)C1C[C@@H](O)[C@@H]2O. The number of hydrogen-bond acceptors (Lipinski definition) is 5. The molecule has 3 fully saturated rings. The molecule has 1 saturated heterocycles. The number of fused-ring (bicyclic) bond motifs is 5. The van der Waals surface area contributed by atoms with Crippen molar-refractivity contribution in [2.24, 2.45) is 22.7 Å². The molecule has 0 bridgehead atoms. The van der Waals surface area contributed by atoms with Crippen LogP contribution < -0.4 is 0 Å². The minimum Gasteiger partial charge on any atom is -0.392 e. The molecule has 0 aromatic rings. The minimum atomic E-state index is -0.689. The van der Waals surface area contributed by atoms with Crippen molar-refractivity contribution in [3.8, 4) is 0 Å². The Morgan fingerprint density at radius 3 is 2.61 bits per heavy atom. The van der Waals surface area contributed by atoms with E-state index in [1.165, 1.54) is 5.57 Å². The molecule has 5 heteroatoms. The maximum Gasteiger partial charge on any atom is 0.0863 e. The van der Waals surface area contributed by atoms with E-state index >= 15 is 0 Å². The smallest absolute Gasteiger partial charge is 0.0863 e. The predicted octanol–water partition coefficient (Wildman–Crippen LogP) is 1.32. The Morgan fingerprint density at radius 2 is 1.87 bits per heavy atom. The number of aliphatic hydroxyl groups is 4. The van der Waals surface area contributed by atoms with Crippen molar-refractivity contribution in [1.82, 2.24) is 0 Å². The fourth-order valence-corrected chi connectivity index (χ4v) is 8.03. The summed E-state index contributed by atoms with van der Waals surface area (Å²) in [5.74, 6) is 1.11. The van der Waals surface area contributed by atoms with Gasteiger partial charge in [0.15, 0.2) is 0 Å². The second-order valence-corrected chi connectivity index (χ2v) is 9.79. The van der Waals surface area contributed by atoms with Crippen LogP contribution >= 0.6 is 11.8 Å². The van der Waals surface area contributed by atoms with Gasteiger partial charge in [0.05, 0.1) is 24.4 Å². The summed E-state index contributed by atoms with van der Waals surface area (Å²) < 4.78 is 0. The van der Waals surface area contributed by atoms with Crippen LogP contribution in [0.1, 0.15) is 39.5 Å². The number of hydrogen-bond donors (Lipinski definition) is 4. The molecule has 0 amide bonds. The molecule has 4 nitrogen and oxygen atoms in total. The quantitative estimate of drug-likeness (QED) is 0.500. The lowest BCUT2D eigenvalue weighted by molar-refractivity contribution is -0.0490. The predicted molar refractivity (Wildman–Crippen MR) is 90.0 cm³/mol. The summed E-state index contributed by atoms with van der Waals surface area (Å²) in [5, 5.41) is 41.8. The van der Waals surface area contributed by atoms with Gasteiger partial charge in [0.1, 0.15) is 0 Å². The van der Waals surface area contributed by atoms with Crippen molar-refractivity contribution in [3.63, 3.8) is 0 Å². The van der Waals surface area contributed by atoms with Crippen LogP contribution in [0.15, 0.2) is 11.6 Å². The van der Waals surface area contributed by atoms with Gasteiger partial charge in [-0.05, 0) is 31.6 Å². The molecule has 0 aromatic heterocycles. The molecule has 4 aliphatic rings. The maximum absolute atomic E-state index is 10.9. The van der Waals surface area contributed by atoms with Crippen molar-refractivity contribution in [2.75, 3.05) is 5.75 Å². The van der Waals surface area contributed by atoms with E-state index in [1.807, 2.05) is 17.8 Å². The number of thioether (sulfide) groups is 1. The first-order chi connectivity index (χ1) is 10.8. The van der Waals surface area contributed by atoms with E-state index in [0.717, 1.165) is 18.6 Å². The Morgan fingerprint density at radius 1 is 1.13 bits per heavy atom. The average Bonchev–Trinajstić information content (AvgIpc) is 2.73. The van der Waals surface area contributed by atoms with Crippen molar-refractivity contribution >= 4 is 11.8 Å². The van der Waals surface area contributed by atoms with E-state index in [2.05, 4.69) is 13.8 Å². The van der Waals surface area contributed by atoms with Crippen LogP contribution in [0.25, 0.3) is 0 Å². The molecule has 130 valence electrons. The molecule has 0 aromatic carbocycles. The standard InChI is InChI=1S/C18H28O4S/c1-17-4-3-10(19)5-9(17)6-12(20)14-11-7-13(21)15(22)18(11,2)8-23-16(14)17/h5,10-16,19-22H,3-4,6-8H2,1-2H3/t10-,11?,12-,13+,14?,15-,16?,17-,18-/m0/s1. The summed E-state index contributed by atoms with van der Waals surface area (Å²) in [6.07, 6.45) is 2.73. The van der Waals surface area contributed by atoms with Gasteiger partial charge < -0.3 is 20.4 Å². The second kappa shape index (κ2) is 5.21. The van der Waals surface area contributed by atoms with Crippen molar-refractivity contribution < 1.29 is 20.4 Å². The Balaban J connectivity index is 1.73. The van der Waals surface area contributed by atoms with Gasteiger partial charge in [-0.3, -0.25) is 0 Å². The fourth-order valence-electron chi connectivity index (χ4n) is 5.88. The van der Waals surface area contributed by atoms with Crippen LogP contribution in [0.4, 0.5) is 0 Å². The molecule has 1 heterocycles. The van der Waals surface area contributed by atoms with Gasteiger partial charge in [0, 0.05) is 27.8 Å². The van der Waals surface area contributed by atoms with Crippen LogP contribution in [0.2, 0.25) is 0 Å². The van der Waals surface area contributed by atoms with Gasteiger partial charge in [-0.15, -0.1) is 0 Å². The van der Waals surface area contributed by atoms with Gasteiger partial charge in [-0.1, -0.05) is 25.5 Å². The maximum atomic E-state index is 10.9. The molecule has 2 saturated carbocycles. The van der Waals surface area contributed by atoms with Gasteiger partial charge >= 0.3 is 0 Å². The second-order valence-electron chi connectivity index (χ2n) is 8.66. The van der Waals surface area contributed by atoms with Gasteiger partial charge in [0.2, 0.25) is 0 Å². The fraction of sp³-hybridized carbons (Fsp3) is 0.889. The Bertz CT molecular complexity index is 537. The molecule has 4 N–H and O–H groups in total. The van der Waals surface area contributed by atoms with E-state index in [-0.39, 0.29) is 28.8 Å². The normalized spacial score (nSPS) is 58.9. The summed E-state index contributed by atoms with van der Waals surface area (Å²) in [4.78, 5) is 0. The van der Waals surface area contributed by atoms with Crippen LogP contribution in [0.3, 0.4) is 0 Å². The van der Waals surface area contributed by atoms with Crippen LogP contribution in [-0.2, 0) is 0 Å². The van der Waals surface area contributed by atoms with Gasteiger partial charge in [-0.25, -0.2) is 0 Å². The highest BCUT2D eigenvalue weighted by Crippen LogP contribution is 2.64. The zero-order chi connectivity index (χ0) is 16.6. The lowest BCUT2D eigenvalue weighted by Crippen LogP contribution is -2.58. The molecule has 0 radical (unpaired) electrons. The van der Waals surface area contributed by atoms with Crippen LogP contribution in [0.5, 0.6) is 0 Å². The molecular weight excluding hydrogens is 312 g/mol. The average molecular weight is 340 g/mol. The first-order valence-electron chi connectivity index (χ1n) is 8.82. The summed E-state index contributed by atoms with van der Waals surface area (Å²) in [6.45, 7) is 4.36. The third kappa shape index (κ3) is 2.13. The molecule has 3 aliphatic carbocycles. The summed E-state index contributed by atoms with van der Waals surface area (Å²) in [7, 11) is 0. The summed E-state index contributed by atoms with van der Waals surface area (Å²) >= 11 is 1.86. The molecule has 1 aliphatic heterocycles. The molecule has 23 heavy (non-hydrogen) atoms. The molecule has 0 spiro atoms. The monoisotopic (exact) mass is 340 g/mol. The van der Waals surface area contributed by atoms with Crippen molar-refractivity contribution in [2.45, 2.75) is 69.2 Å². The molecule has 3 unspecified atom stereocenters.